The smallest absolute Gasteiger partial charge is 0.275 e. The Morgan fingerprint density at radius 2 is 1.96 bits per heavy atom. The van der Waals surface area contributed by atoms with Crippen molar-refractivity contribution in [3.63, 3.8) is 0 Å². The molecule has 0 bridgehead atoms. The largest absolute Gasteiger partial charge is 0.448 e. The Morgan fingerprint density at radius 1 is 1.15 bits per heavy atom. The van der Waals surface area contributed by atoms with Gasteiger partial charge in [0.15, 0.2) is 11.6 Å². The minimum absolute atomic E-state index is 0.0608. The first-order valence-corrected chi connectivity index (χ1v) is 9.61. The van der Waals surface area contributed by atoms with E-state index in [1.807, 2.05) is 12.1 Å². The predicted molar refractivity (Wildman–Crippen MR) is 102 cm³/mol. The van der Waals surface area contributed by atoms with Gasteiger partial charge < -0.3 is 14.1 Å². The average molecular weight is 362 g/mol. The van der Waals surface area contributed by atoms with Crippen molar-refractivity contribution < 1.29 is 13.9 Å². The van der Waals surface area contributed by atoms with Crippen molar-refractivity contribution in [2.24, 2.45) is 0 Å². The number of ether oxygens (including phenoxy) is 1. The van der Waals surface area contributed by atoms with Crippen LogP contribution >= 0.6 is 0 Å². The highest BCUT2D eigenvalue weighted by Gasteiger charge is 2.34. The molecule has 1 saturated heterocycles. The van der Waals surface area contributed by atoms with Crippen LogP contribution in [0.3, 0.4) is 0 Å². The van der Waals surface area contributed by atoms with Gasteiger partial charge in [0, 0.05) is 19.0 Å². The number of amides is 1. The molecule has 0 radical (unpaired) electrons. The lowest BCUT2D eigenvalue weighted by Gasteiger charge is -2.38. The lowest BCUT2D eigenvalue weighted by atomic mass is 9.85. The van der Waals surface area contributed by atoms with E-state index in [1.165, 1.54) is 29.0 Å². The number of fused-ring (bicyclic) bond motifs is 1. The summed E-state index contributed by atoms with van der Waals surface area (Å²) in [4.78, 5) is 18.7. The van der Waals surface area contributed by atoms with Crippen LogP contribution in [0.5, 0.6) is 0 Å². The first kappa shape index (κ1) is 16.5. The molecule has 2 aromatic carbocycles. The number of carbonyl (C=O) groups excluding carboxylic acids is 1. The monoisotopic (exact) mass is 362 g/mol. The van der Waals surface area contributed by atoms with Crippen LogP contribution in [-0.2, 0) is 11.3 Å². The summed E-state index contributed by atoms with van der Waals surface area (Å²) < 4.78 is 11.5. The summed E-state index contributed by atoms with van der Waals surface area (Å²) in [5.74, 6) is 1.06. The second kappa shape index (κ2) is 6.82. The molecule has 0 unspecified atom stereocenters. The molecular weight excluding hydrogens is 340 g/mol. The minimum Gasteiger partial charge on any atom is -0.448 e. The molecule has 2 fully saturated rings. The molecule has 1 saturated carbocycles. The lowest BCUT2D eigenvalue weighted by Crippen LogP contribution is -2.54. The van der Waals surface area contributed by atoms with E-state index in [1.54, 1.807) is 4.90 Å². The fourth-order valence-corrected chi connectivity index (χ4v) is 3.73. The maximum absolute atomic E-state index is 12.5. The van der Waals surface area contributed by atoms with Crippen molar-refractivity contribution in [1.29, 1.82) is 0 Å². The molecule has 2 aliphatic rings. The van der Waals surface area contributed by atoms with Gasteiger partial charge in [0.2, 0.25) is 0 Å². The Morgan fingerprint density at radius 3 is 2.78 bits per heavy atom. The van der Waals surface area contributed by atoms with E-state index < -0.39 is 0 Å². The van der Waals surface area contributed by atoms with E-state index in [0.717, 1.165) is 12.8 Å². The molecular formula is C22H22N2O3. The topological polar surface area (TPSA) is 55.6 Å². The second-order valence-electron chi connectivity index (χ2n) is 7.48. The standard InChI is InChI=1S/C22H22N2O3/c25-22(20-14-27-21(23-20)16-7-4-8-16)24-11-18(12-24)26-13-17-9-3-6-15-5-1-2-10-19(15)17/h1-3,5-6,9-10,14,16,18H,4,7-8,11-13H2. The summed E-state index contributed by atoms with van der Waals surface area (Å²) >= 11 is 0. The molecule has 5 heteroatoms. The molecule has 1 aromatic heterocycles. The van der Waals surface area contributed by atoms with Gasteiger partial charge in [-0.25, -0.2) is 4.98 Å². The van der Waals surface area contributed by atoms with Crippen molar-refractivity contribution in [2.45, 2.75) is 37.9 Å². The van der Waals surface area contributed by atoms with E-state index in [0.29, 0.717) is 37.2 Å². The van der Waals surface area contributed by atoms with Crippen LogP contribution < -0.4 is 0 Å². The maximum atomic E-state index is 12.5. The lowest BCUT2D eigenvalue weighted by molar-refractivity contribution is -0.0501. The van der Waals surface area contributed by atoms with Gasteiger partial charge in [-0.1, -0.05) is 48.9 Å². The SMILES string of the molecule is O=C(c1coc(C2CCC2)n1)N1CC(OCc2cccc3ccccc23)C1. The number of nitrogens with zero attached hydrogens (tertiary/aromatic N) is 2. The molecule has 138 valence electrons. The van der Waals surface area contributed by atoms with Crippen molar-refractivity contribution in [2.75, 3.05) is 13.1 Å². The van der Waals surface area contributed by atoms with E-state index >= 15 is 0 Å². The molecule has 5 nitrogen and oxygen atoms in total. The molecule has 5 rings (SSSR count). The second-order valence-corrected chi connectivity index (χ2v) is 7.48. The van der Waals surface area contributed by atoms with Gasteiger partial charge in [0.05, 0.1) is 12.7 Å². The zero-order valence-electron chi connectivity index (χ0n) is 15.1. The maximum Gasteiger partial charge on any atom is 0.275 e. The highest BCUT2D eigenvalue weighted by molar-refractivity contribution is 5.92. The summed E-state index contributed by atoms with van der Waals surface area (Å²) in [6, 6.07) is 14.6. The fraction of sp³-hybridized carbons (Fsp3) is 0.364. The molecule has 0 N–H and O–H groups in total. The third kappa shape index (κ3) is 3.12. The average Bonchev–Trinajstić information content (AvgIpc) is 3.08. The Balaban J connectivity index is 1.16. The minimum atomic E-state index is -0.0608. The molecule has 1 aliphatic carbocycles. The first-order valence-electron chi connectivity index (χ1n) is 9.61. The van der Waals surface area contributed by atoms with Crippen LogP contribution in [0.1, 0.15) is 47.1 Å². The van der Waals surface area contributed by atoms with Gasteiger partial charge in [-0.2, -0.15) is 0 Å². The van der Waals surface area contributed by atoms with Gasteiger partial charge in [0.1, 0.15) is 6.26 Å². The highest BCUT2D eigenvalue weighted by atomic mass is 16.5. The van der Waals surface area contributed by atoms with Crippen molar-refractivity contribution in [1.82, 2.24) is 9.88 Å². The Hall–Kier alpha value is -2.66. The summed E-state index contributed by atoms with van der Waals surface area (Å²) in [6.45, 7) is 1.77. The Labute approximate surface area is 157 Å². The normalized spacial score (nSPS) is 17.7. The number of aromatic nitrogens is 1. The number of benzene rings is 2. The van der Waals surface area contributed by atoms with E-state index in [9.17, 15) is 4.79 Å². The third-order valence-electron chi connectivity index (χ3n) is 5.69. The fourth-order valence-electron chi connectivity index (χ4n) is 3.73. The molecule has 2 heterocycles. The van der Waals surface area contributed by atoms with Crippen molar-refractivity contribution in [3.05, 3.63) is 65.9 Å². The molecule has 3 aromatic rings. The molecule has 0 spiro atoms. The van der Waals surface area contributed by atoms with Crippen molar-refractivity contribution in [3.8, 4) is 0 Å². The summed E-state index contributed by atoms with van der Waals surface area (Å²) in [5.41, 5.74) is 1.60. The third-order valence-corrected chi connectivity index (χ3v) is 5.69. The van der Waals surface area contributed by atoms with Gasteiger partial charge in [0.25, 0.3) is 5.91 Å². The summed E-state index contributed by atoms with van der Waals surface area (Å²) in [6.07, 6.45) is 5.02. The van der Waals surface area contributed by atoms with Crippen LogP contribution in [0.25, 0.3) is 10.8 Å². The van der Waals surface area contributed by atoms with Gasteiger partial charge in [-0.05, 0) is 29.2 Å². The Bertz CT molecular complexity index is 965. The zero-order chi connectivity index (χ0) is 18.2. The molecule has 1 aliphatic heterocycles. The molecule has 27 heavy (non-hydrogen) atoms. The van der Waals surface area contributed by atoms with E-state index in [-0.39, 0.29) is 12.0 Å². The number of rotatable bonds is 5. The van der Waals surface area contributed by atoms with Crippen LogP contribution in [0.15, 0.2) is 53.1 Å². The van der Waals surface area contributed by atoms with Crippen LogP contribution in [-0.4, -0.2) is 35.0 Å². The van der Waals surface area contributed by atoms with Gasteiger partial charge in [-0.3, -0.25) is 4.79 Å². The van der Waals surface area contributed by atoms with Gasteiger partial charge in [-0.15, -0.1) is 0 Å². The quantitative estimate of drug-likeness (QED) is 0.685. The number of hydrogen-bond acceptors (Lipinski definition) is 4. The molecule has 1 amide bonds. The number of likely N-dealkylation sites (tertiary alicyclic amines) is 1. The number of oxazole rings is 1. The summed E-state index contributed by atoms with van der Waals surface area (Å²) in [5, 5.41) is 2.44. The number of hydrogen-bond donors (Lipinski definition) is 0. The number of carbonyl (C=O) groups is 1. The summed E-state index contributed by atoms with van der Waals surface area (Å²) in [7, 11) is 0. The first-order chi connectivity index (χ1) is 13.3. The van der Waals surface area contributed by atoms with E-state index in [2.05, 4.69) is 35.3 Å². The van der Waals surface area contributed by atoms with Crippen LogP contribution in [0.4, 0.5) is 0 Å². The van der Waals surface area contributed by atoms with Crippen LogP contribution in [0, 0.1) is 0 Å². The Kier molecular flexibility index (Phi) is 4.17. The van der Waals surface area contributed by atoms with Gasteiger partial charge >= 0.3 is 0 Å². The van der Waals surface area contributed by atoms with E-state index in [4.69, 9.17) is 9.15 Å². The van der Waals surface area contributed by atoms with Crippen molar-refractivity contribution >= 4 is 16.7 Å². The zero-order valence-corrected chi connectivity index (χ0v) is 15.1. The highest BCUT2D eigenvalue weighted by Crippen LogP contribution is 2.35. The van der Waals surface area contributed by atoms with Crippen LogP contribution in [0.2, 0.25) is 0 Å². The predicted octanol–water partition coefficient (Wildman–Crippen LogP) is 4.14. The molecule has 0 atom stereocenters.